The van der Waals surface area contributed by atoms with Gasteiger partial charge in [-0.3, -0.25) is 14.3 Å². The molecule has 2 heterocycles. The van der Waals surface area contributed by atoms with E-state index in [0.29, 0.717) is 29.9 Å². The van der Waals surface area contributed by atoms with Crippen LogP contribution in [0.5, 0.6) is 11.5 Å². The van der Waals surface area contributed by atoms with E-state index in [1.54, 1.807) is 27.3 Å². The van der Waals surface area contributed by atoms with Crippen LogP contribution in [0.1, 0.15) is 81.9 Å². The maximum atomic E-state index is 13.5. The number of ether oxygens (including phenoxy) is 4. The summed E-state index contributed by atoms with van der Waals surface area (Å²) in [6.45, 7) is 10.3. The molecule has 1 aliphatic heterocycles. The van der Waals surface area contributed by atoms with Crippen molar-refractivity contribution < 1.29 is 28.0 Å². The number of aryl methyl sites for hydroxylation is 1. The maximum absolute atomic E-state index is 13.5. The van der Waals surface area contributed by atoms with Gasteiger partial charge in [0, 0.05) is 29.8 Å². The first kappa shape index (κ1) is 41.3. The van der Waals surface area contributed by atoms with E-state index in [0.717, 1.165) is 23.1 Å². The summed E-state index contributed by atoms with van der Waals surface area (Å²) in [6.07, 6.45) is 2.50. The van der Waals surface area contributed by atoms with Crippen molar-refractivity contribution in [3.8, 4) is 17.6 Å². The number of aromatic amines is 1. The van der Waals surface area contributed by atoms with Crippen molar-refractivity contribution in [3.63, 3.8) is 0 Å². The Morgan fingerprint density at radius 3 is 2.09 bits per heavy atom. The fraction of sp³-hybridized carbons (Fsp3) is 0.465. The van der Waals surface area contributed by atoms with Crippen molar-refractivity contribution in [2.45, 2.75) is 95.9 Å². The number of nitrogens with zero attached hydrogens (tertiary/aromatic N) is 3. The molecule has 12 nitrogen and oxygen atoms in total. The molecule has 3 aromatic carbocycles. The van der Waals surface area contributed by atoms with Crippen LogP contribution in [-0.2, 0) is 24.1 Å². The zero-order chi connectivity index (χ0) is 40.0. The van der Waals surface area contributed by atoms with Crippen LogP contribution in [0.4, 0.5) is 0 Å². The summed E-state index contributed by atoms with van der Waals surface area (Å²) >= 11 is 0. The van der Waals surface area contributed by atoms with Gasteiger partial charge in [-0.15, -0.1) is 0 Å². The first-order chi connectivity index (χ1) is 27.0. The van der Waals surface area contributed by atoms with Crippen molar-refractivity contribution in [2.75, 3.05) is 27.4 Å². The molecule has 1 unspecified atom stereocenters. The molecule has 1 aliphatic carbocycles. The quantitative estimate of drug-likeness (QED) is 0.0648. The molecule has 1 aromatic heterocycles. The normalized spacial score (nSPS) is 21.3. The maximum Gasteiger partial charge on any atom is 0.330 e. The van der Waals surface area contributed by atoms with Gasteiger partial charge in [-0.05, 0) is 94.8 Å². The van der Waals surface area contributed by atoms with Gasteiger partial charge >= 0.3 is 5.69 Å². The van der Waals surface area contributed by atoms with E-state index in [2.05, 4.69) is 55.6 Å². The second-order valence-electron chi connectivity index (χ2n) is 15.0. The first-order valence-electron chi connectivity index (χ1n) is 19.2. The van der Waals surface area contributed by atoms with Crippen LogP contribution in [0, 0.1) is 24.2 Å². The van der Waals surface area contributed by atoms with Crippen LogP contribution in [0.3, 0.4) is 0 Å². The number of rotatable bonds is 17. The average Bonchev–Trinajstić information content (AvgIpc) is 3.35. The van der Waals surface area contributed by atoms with Gasteiger partial charge in [-0.1, -0.05) is 54.6 Å². The number of hydrogen-bond acceptors (Lipinski definition) is 10. The van der Waals surface area contributed by atoms with Gasteiger partial charge in [0.2, 0.25) is 0 Å². The summed E-state index contributed by atoms with van der Waals surface area (Å²) in [5.41, 5.74) is -0.176. The Morgan fingerprint density at radius 2 is 1.54 bits per heavy atom. The number of nitrogens with one attached hydrogen (secondary N) is 1. The highest BCUT2D eigenvalue weighted by Crippen LogP contribution is 2.58. The third-order valence-electron chi connectivity index (χ3n) is 10.8. The van der Waals surface area contributed by atoms with Gasteiger partial charge in [0.1, 0.15) is 35.0 Å². The monoisotopic (exact) mass is 784 g/mol. The molecule has 56 heavy (non-hydrogen) atoms. The molecule has 1 saturated carbocycles. The van der Waals surface area contributed by atoms with Crippen molar-refractivity contribution in [1.82, 2.24) is 14.2 Å². The summed E-state index contributed by atoms with van der Waals surface area (Å²) in [5.74, 6) is 1.12. The van der Waals surface area contributed by atoms with Gasteiger partial charge < -0.3 is 28.0 Å². The highest BCUT2D eigenvalue weighted by molar-refractivity contribution is 7.44. The minimum atomic E-state index is -1.70. The molecule has 1 saturated heterocycles. The predicted molar refractivity (Wildman–Crippen MR) is 215 cm³/mol. The van der Waals surface area contributed by atoms with Gasteiger partial charge in [0.05, 0.1) is 39.9 Å². The molecule has 2 fully saturated rings. The molecule has 1 N–H and O–H groups in total. The fourth-order valence-corrected chi connectivity index (χ4v) is 10.0. The Morgan fingerprint density at radius 1 is 0.946 bits per heavy atom. The number of aromatic nitrogens is 2. The van der Waals surface area contributed by atoms with E-state index < -0.39 is 43.3 Å². The molecule has 6 rings (SSSR count). The number of hydrogen-bond donors (Lipinski definition) is 1. The van der Waals surface area contributed by atoms with Crippen LogP contribution in [0.2, 0.25) is 0 Å². The third kappa shape index (κ3) is 8.21. The molecule has 2 aliphatic rings. The lowest BCUT2D eigenvalue weighted by atomic mass is 9.77. The van der Waals surface area contributed by atoms with Gasteiger partial charge in [-0.2, -0.15) is 5.26 Å². The summed E-state index contributed by atoms with van der Waals surface area (Å²) in [5, 5.41) is 9.42. The predicted octanol–water partition coefficient (Wildman–Crippen LogP) is 7.60. The SMILES string of the molecule is COc1ccc(C(OC[C@@]23CCC[C@@H]([C@H](n4cc(C)c(=O)[nH]c4=O)O2)[C@@H]3OP(OCCC#N)N(C(C)C)C(C)C)(c2ccccc2)c2ccc(OC)cc2)cc1. The number of methoxy groups -OCH3 is 2. The highest BCUT2D eigenvalue weighted by atomic mass is 31.2. The van der Waals surface area contributed by atoms with E-state index in [1.807, 2.05) is 66.7 Å². The molecule has 5 atom stereocenters. The lowest BCUT2D eigenvalue weighted by Crippen LogP contribution is -2.51. The Kier molecular flexibility index (Phi) is 13.2. The first-order valence-corrected chi connectivity index (χ1v) is 20.3. The minimum absolute atomic E-state index is 0.0636. The summed E-state index contributed by atoms with van der Waals surface area (Å²) in [6, 6.07) is 28.1. The van der Waals surface area contributed by atoms with Gasteiger partial charge in [-0.25, -0.2) is 9.46 Å². The minimum Gasteiger partial charge on any atom is -0.497 e. The Hall–Kier alpha value is -4.34. The summed E-state index contributed by atoms with van der Waals surface area (Å²) in [4.78, 5) is 28.5. The standard InChI is InChI=1S/C43H53N4O8P/c1-29(2)47(30(3)4)56(53-26-12-25-44)55-38-37-15-11-24-42(38,54-40(37)46-27-31(5)39(48)45-41(46)49)28-52-43(32-13-9-8-10-14-32,33-16-20-35(50-6)21-17-33)34-18-22-36(51-7)23-19-34/h8-10,13-14,16-23,27,29-30,37-38,40H,11-12,15,24,26,28H2,1-7H3,(H,45,48,49)/t37-,38+,40-,42-,56?/m1/s1. The second-order valence-corrected chi connectivity index (χ2v) is 16.4. The third-order valence-corrected chi connectivity index (χ3v) is 12.9. The molecule has 13 heteroatoms. The zero-order valence-corrected chi connectivity index (χ0v) is 34.2. The molecule has 0 amide bonds. The molecular weight excluding hydrogens is 731 g/mol. The second kappa shape index (κ2) is 17.9. The molecule has 4 aromatic rings. The number of fused-ring (bicyclic) bond motifs is 2. The number of nitriles is 1. The lowest BCUT2D eigenvalue weighted by molar-refractivity contribution is -0.161. The summed E-state index contributed by atoms with van der Waals surface area (Å²) < 4.78 is 43.2. The average molecular weight is 785 g/mol. The summed E-state index contributed by atoms with van der Waals surface area (Å²) in [7, 11) is 1.58. The van der Waals surface area contributed by atoms with Gasteiger partial charge in [0.25, 0.3) is 14.1 Å². The molecule has 2 bridgehead atoms. The van der Waals surface area contributed by atoms with E-state index >= 15 is 0 Å². The Bertz CT molecular complexity index is 2010. The number of H-pyrrole nitrogens is 1. The van der Waals surface area contributed by atoms with Crippen LogP contribution in [-0.4, -0.2) is 65.4 Å². The molecule has 298 valence electrons. The van der Waals surface area contributed by atoms with Crippen LogP contribution in [0.15, 0.2) is 94.6 Å². The van der Waals surface area contributed by atoms with Crippen molar-refractivity contribution in [1.29, 1.82) is 5.26 Å². The molecule has 0 radical (unpaired) electrons. The highest BCUT2D eigenvalue weighted by Gasteiger charge is 2.61. The Balaban J connectivity index is 1.52. The van der Waals surface area contributed by atoms with Crippen molar-refractivity contribution >= 4 is 8.53 Å². The van der Waals surface area contributed by atoms with E-state index in [1.165, 1.54) is 4.57 Å². The van der Waals surface area contributed by atoms with E-state index in [9.17, 15) is 14.9 Å². The van der Waals surface area contributed by atoms with Crippen LogP contribution >= 0.6 is 8.53 Å². The molecular formula is C43H53N4O8P. The van der Waals surface area contributed by atoms with Crippen molar-refractivity contribution in [2.24, 2.45) is 5.92 Å². The molecule has 0 spiro atoms. The largest absolute Gasteiger partial charge is 0.497 e. The van der Waals surface area contributed by atoms with E-state index in [4.69, 9.17) is 28.0 Å². The van der Waals surface area contributed by atoms with Crippen molar-refractivity contribution in [3.05, 3.63) is 128 Å². The van der Waals surface area contributed by atoms with E-state index in [-0.39, 0.29) is 37.6 Å². The fourth-order valence-electron chi connectivity index (χ4n) is 8.16. The van der Waals surface area contributed by atoms with Crippen LogP contribution in [0.25, 0.3) is 0 Å². The topological polar surface area (TPSA) is 137 Å². The Labute approximate surface area is 330 Å². The number of benzene rings is 3. The van der Waals surface area contributed by atoms with Gasteiger partial charge in [0.15, 0.2) is 0 Å². The van der Waals surface area contributed by atoms with Crippen LogP contribution < -0.4 is 20.7 Å². The lowest BCUT2D eigenvalue weighted by Gasteiger charge is -2.45. The smallest absolute Gasteiger partial charge is 0.330 e. The zero-order valence-electron chi connectivity index (χ0n) is 33.3.